The Hall–Kier alpha value is -2.59. The van der Waals surface area contributed by atoms with Crippen molar-refractivity contribution >= 4 is 23.2 Å². The minimum atomic E-state index is -0.337. The first-order chi connectivity index (χ1) is 10.6. The number of carbonyl (C=O) groups is 1. The summed E-state index contributed by atoms with van der Waals surface area (Å²) in [6.45, 7) is 1.89. The molecule has 1 heterocycles. The molecular weight excluding hydrogens is 300 g/mol. The molecule has 1 N–H and O–H groups in total. The molecule has 0 atom stereocenters. The largest absolute Gasteiger partial charge is 0.355 e. The van der Waals surface area contributed by atoms with E-state index in [2.05, 4.69) is 10.5 Å². The minimum Gasteiger partial charge on any atom is -0.355 e. The zero-order valence-corrected chi connectivity index (χ0v) is 12.6. The van der Waals surface area contributed by atoms with E-state index in [1.165, 1.54) is 0 Å². The Labute approximate surface area is 132 Å². The van der Waals surface area contributed by atoms with Crippen LogP contribution in [0.5, 0.6) is 0 Å². The zero-order valence-electron chi connectivity index (χ0n) is 11.8. The number of nitrogens with one attached hydrogen (secondary N) is 1. The third kappa shape index (κ3) is 3.02. The van der Waals surface area contributed by atoms with E-state index in [4.69, 9.17) is 16.1 Å². The fourth-order valence-corrected chi connectivity index (χ4v) is 2.21. The molecule has 0 aliphatic heterocycles. The summed E-state index contributed by atoms with van der Waals surface area (Å²) in [5.74, 6) is 0.213. The Kier molecular flexibility index (Phi) is 3.94. The van der Waals surface area contributed by atoms with E-state index < -0.39 is 0 Å². The topological polar surface area (TPSA) is 55.1 Å². The molecule has 0 unspecified atom stereocenters. The van der Waals surface area contributed by atoms with Crippen molar-refractivity contribution in [3.05, 3.63) is 70.9 Å². The van der Waals surface area contributed by atoms with Crippen LogP contribution in [-0.2, 0) is 0 Å². The van der Waals surface area contributed by atoms with Gasteiger partial charge in [-0.15, -0.1) is 0 Å². The van der Waals surface area contributed by atoms with Gasteiger partial charge in [0.05, 0.1) is 0 Å². The molecule has 1 aromatic heterocycles. The van der Waals surface area contributed by atoms with E-state index in [0.29, 0.717) is 16.5 Å². The highest BCUT2D eigenvalue weighted by Gasteiger charge is 2.14. The lowest BCUT2D eigenvalue weighted by Crippen LogP contribution is -2.13. The van der Waals surface area contributed by atoms with Crippen molar-refractivity contribution in [3.8, 4) is 11.3 Å². The quantitative estimate of drug-likeness (QED) is 0.771. The van der Waals surface area contributed by atoms with Gasteiger partial charge in [0.2, 0.25) is 0 Å². The molecule has 4 nitrogen and oxygen atoms in total. The number of nitrogens with zero attached hydrogens (tertiary/aromatic N) is 1. The number of aromatic nitrogens is 1. The maximum absolute atomic E-state index is 12.2. The van der Waals surface area contributed by atoms with Gasteiger partial charge in [0, 0.05) is 22.3 Å². The molecule has 2 aromatic carbocycles. The van der Waals surface area contributed by atoms with E-state index in [1.807, 2.05) is 43.3 Å². The third-order valence-corrected chi connectivity index (χ3v) is 3.48. The standard InChI is InChI=1S/C17H13ClN2O2/c1-11-7-8-13(18)9-14(11)19-17(21)15-10-16(22-20-15)12-5-3-2-4-6-12/h2-10H,1H3,(H,19,21). The van der Waals surface area contributed by atoms with Crippen LogP contribution in [0.15, 0.2) is 59.1 Å². The van der Waals surface area contributed by atoms with E-state index in [-0.39, 0.29) is 11.6 Å². The monoisotopic (exact) mass is 312 g/mol. The van der Waals surface area contributed by atoms with Crippen LogP contribution in [0.4, 0.5) is 5.69 Å². The van der Waals surface area contributed by atoms with Crippen molar-refractivity contribution in [2.24, 2.45) is 0 Å². The zero-order chi connectivity index (χ0) is 15.5. The molecule has 0 bridgehead atoms. The van der Waals surface area contributed by atoms with Crippen LogP contribution in [0.2, 0.25) is 5.02 Å². The number of anilines is 1. The highest BCUT2D eigenvalue weighted by Crippen LogP contribution is 2.23. The molecular formula is C17H13ClN2O2. The second kappa shape index (κ2) is 6.03. The average Bonchev–Trinajstić information content (AvgIpc) is 3.02. The predicted octanol–water partition coefficient (Wildman–Crippen LogP) is 4.56. The number of rotatable bonds is 3. The SMILES string of the molecule is Cc1ccc(Cl)cc1NC(=O)c1cc(-c2ccccc2)on1. The Morgan fingerprint density at radius 3 is 2.68 bits per heavy atom. The maximum atomic E-state index is 12.2. The van der Waals surface area contributed by atoms with E-state index >= 15 is 0 Å². The summed E-state index contributed by atoms with van der Waals surface area (Å²) < 4.78 is 5.23. The molecule has 3 aromatic rings. The lowest BCUT2D eigenvalue weighted by molar-refractivity contribution is 0.101. The fraction of sp³-hybridized carbons (Fsp3) is 0.0588. The molecule has 0 saturated heterocycles. The van der Waals surface area contributed by atoms with Gasteiger partial charge >= 0.3 is 0 Å². The molecule has 0 saturated carbocycles. The molecule has 22 heavy (non-hydrogen) atoms. The predicted molar refractivity (Wildman–Crippen MR) is 86.1 cm³/mol. The highest BCUT2D eigenvalue weighted by molar-refractivity contribution is 6.31. The fourth-order valence-electron chi connectivity index (χ4n) is 2.04. The lowest BCUT2D eigenvalue weighted by Gasteiger charge is -2.06. The van der Waals surface area contributed by atoms with Gasteiger partial charge in [-0.05, 0) is 24.6 Å². The number of aryl methyl sites for hydroxylation is 1. The van der Waals surface area contributed by atoms with Crippen LogP contribution in [0.1, 0.15) is 16.1 Å². The van der Waals surface area contributed by atoms with Gasteiger partial charge in [0.25, 0.3) is 5.91 Å². The first-order valence-corrected chi connectivity index (χ1v) is 7.11. The van der Waals surface area contributed by atoms with Gasteiger partial charge in [-0.25, -0.2) is 0 Å². The maximum Gasteiger partial charge on any atom is 0.277 e. The molecule has 0 aliphatic rings. The van der Waals surface area contributed by atoms with E-state index in [9.17, 15) is 4.79 Å². The van der Waals surface area contributed by atoms with Crippen LogP contribution in [-0.4, -0.2) is 11.1 Å². The van der Waals surface area contributed by atoms with Crippen LogP contribution in [0, 0.1) is 6.92 Å². The molecule has 0 radical (unpaired) electrons. The summed E-state index contributed by atoms with van der Waals surface area (Å²) in [6, 6.07) is 16.4. The van der Waals surface area contributed by atoms with Crippen LogP contribution >= 0.6 is 11.6 Å². The summed E-state index contributed by atoms with van der Waals surface area (Å²) in [5.41, 5.74) is 2.66. The number of carbonyl (C=O) groups excluding carboxylic acids is 1. The summed E-state index contributed by atoms with van der Waals surface area (Å²) >= 11 is 5.94. The van der Waals surface area contributed by atoms with Gasteiger partial charge < -0.3 is 9.84 Å². The molecule has 1 amide bonds. The van der Waals surface area contributed by atoms with Crippen molar-refractivity contribution in [2.75, 3.05) is 5.32 Å². The highest BCUT2D eigenvalue weighted by atomic mass is 35.5. The van der Waals surface area contributed by atoms with Crippen LogP contribution in [0.25, 0.3) is 11.3 Å². The molecule has 110 valence electrons. The molecule has 5 heteroatoms. The Balaban J connectivity index is 1.81. The molecule has 0 aliphatic carbocycles. The van der Waals surface area contributed by atoms with E-state index in [0.717, 1.165) is 11.1 Å². The summed E-state index contributed by atoms with van der Waals surface area (Å²) in [4.78, 5) is 12.2. The number of benzene rings is 2. The van der Waals surface area contributed by atoms with Gasteiger partial charge in [-0.2, -0.15) is 0 Å². The van der Waals surface area contributed by atoms with Crippen molar-refractivity contribution in [1.82, 2.24) is 5.16 Å². The number of hydrogen-bond donors (Lipinski definition) is 1. The minimum absolute atomic E-state index is 0.221. The van der Waals surface area contributed by atoms with Crippen molar-refractivity contribution in [2.45, 2.75) is 6.92 Å². The molecule has 0 spiro atoms. The van der Waals surface area contributed by atoms with Crippen molar-refractivity contribution in [1.29, 1.82) is 0 Å². The smallest absolute Gasteiger partial charge is 0.277 e. The summed E-state index contributed by atoms with van der Waals surface area (Å²) in [5, 5.41) is 7.17. The Morgan fingerprint density at radius 1 is 1.14 bits per heavy atom. The van der Waals surface area contributed by atoms with Crippen LogP contribution in [0.3, 0.4) is 0 Å². The Bertz CT molecular complexity index is 813. The average molecular weight is 313 g/mol. The van der Waals surface area contributed by atoms with Crippen molar-refractivity contribution in [3.63, 3.8) is 0 Å². The number of halogens is 1. The van der Waals surface area contributed by atoms with Gasteiger partial charge in [0.15, 0.2) is 11.5 Å². The first kappa shape index (κ1) is 14.4. The van der Waals surface area contributed by atoms with Crippen molar-refractivity contribution < 1.29 is 9.32 Å². The molecule has 3 rings (SSSR count). The normalized spacial score (nSPS) is 10.5. The third-order valence-electron chi connectivity index (χ3n) is 3.25. The van der Waals surface area contributed by atoms with Crippen LogP contribution < -0.4 is 5.32 Å². The number of amides is 1. The van der Waals surface area contributed by atoms with Gasteiger partial charge in [-0.3, -0.25) is 4.79 Å². The number of hydrogen-bond acceptors (Lipinski definition) is 3. The first-order valence-electron chi connectivity index (χ1n) is 6.73. The molecule has 0 fully saturated rings. The summed E-state index contributed by atoms with van der Waals surface area (Å²) in [7, 11) is 0. The van der Waals surface area contributed by atoms with E-state index in [1.54, 1.807) is 18.2 Å². The summed E-state index contributed by atoms with van der Waals surface area (Å²) in [6.07, 6.45) is 0. The second-order valence-corrected chi connectivity index (χ2v) is 5.29. The lowest BCUT2D eigenvalue weighted by atomic mass is 10.1. The Morgan fingerprint density at radius 2 is 1.91 bits per heavy atom. The van der Waals surface area contributed by atoms with Gasteiger partial charge in [-0.1, -0.05) is 53.2 Å². The second-order valence-electron chi connectivity index (χ2n) is 4.86. The van der Waals surface area contributed by atoms with Gasteiger partial charge in [0.1, 0.15) is 0 Å².